The summed E-state index contributed by atoms with van der Waals surface area (Å²) < 4.78 is 78.9. The topological polar surface area (TPSA) is 77.3 Å². The molecule has 2 rings (SSSR count). The van der Waals surface area contributed by atoms with E-state index in [4.69, 9.17) is 0 Å². The molecule has 0 saturated heterocycles. The van der Waals surface area contributed by atoms with E-state index < -0.39 is 35.1 Å². The monoisotopic (exact) mass is 395 g/mol. The van der Waals surface area contributed by atoms with Gasteiger partial charge in [-0.3, -0.25) is 10.1 Å². The molecule has 1 N–H and O–H groups in total. The van der Waals surface area contributed by atoms with Crippen LogP contribution in [0.15, 0.2) is 36.5 Å². The van der Waals surface area contributed by atoms with Crippen molar-refractivity contribution >= 4 is 11.4 Å². The Hall–Kier alpha value is -3.05. The third-order valence-corrected chi connectivity index (χ3v) is 3.19. The Labute approximate surface area is 147 Å². The lowest BCUT2D eigenvalue weighted by molar-refractivity contribution is -0.384. The first-order valence-corrected chi connectivity index (χ1v) is 7.20. The first-order chi connectivity index (χ1) is 12.5. The van der Waals surface area contributed by atoms with E-state index in [0.29, 0.717) is 17.7 Å². The number of halogens is 6. The van der Waals surface area contributed by atoms with Gasteiger partial charge in [0, 0.05) is 24.9 Å². The Kier molecular flexibility index (Phi) is 5.76. The smallest absolute Gasteiger partial charge is 0.422 e. The van der Waals surface area contributed by atoms with Crippen LogP contribution in [0.3, 0.4) is 0 Å². The second kappa shape index (κ2) is 7.68. The average Bonchev–Trinajstić information content (AvgIpc) is 2.57. The highest BCUT2D eigenvalue weighted by Gasteiger charge is 2.33. The third kappa shape index (κ3) is 6.01. The number of pyridine rings is 1. The van der Waals surface area contributed by atoms with Crippen molar-refractivity contribution in [3.8, 4) is 5.88 Å². The fourth-order valence-electron chi connectivity index (χ4n) is 2.00. The van der Waals surface area contributed by atoms with Crippen LogP contribution in [0.5, 0.6) is 5.88 Å². The van der Waals surface area contributed by atoms with E-state index in [1.165, 1.54) is 18.3 Å². The summed E-state index contributed by atoms with van der Waals surface area (Å²) in [6.45, 7) is -1.65. The van der Waals surface area contributed by atoms with Crippen LogP contribution in [-0.2, 0) is 12.7 Å². The molecule has 0 spiro atoms. The van der Waals surface area contributed by atoms with Crippen molar-refractivity contribution in [2.75, 3.05) is 11.9 Å². The lowest BCUT2D eigenvalue weighted by Crippen LogP contribution is -2.19. The summed E-state index contributed by atoms with van der Waals surface area (Å²) in [6, 6.07) is 4.56. The van der Waals surface area contributed by atoms with Crippen LogP contribution < -0.4 is 10.1 Å². The van der Waals surface area contributed by atoms with E-state index >= 15 is 0 Å². The highest BCUT2D eigenvalue weighted by atomic mass is 19.4. The van der Waals surface area contributed by atoms with E-state index in [-0.39, 0.29) is 18.1 Å². The minimum atomic E-state index is -4.74. The van der Waals surface area contributed by atoms with Gasteiger partial charge in [0.15, 0.2) is 6.61 Å². The Balaban J connectivity index is 2.13. The molecule has 0 saturated carbocycles. The van der Waals surface area contributed by atoms with Gasteiger partial charge < -0.3 is 10.1 Å². The Morgan fingerprint density at radius 2 is 1.81 bits per heavy atom. The first-order valence-electron chi connectivity index (χ1n) is 7.20. The van der Waals surface area contributed by atoms with Crippen molar-refractivity contribution < 1.29 is 36.0 Å². The number of nitrogens with one attached hydrogen (secondary N) is 1. The molecule has 146 valence electrons. The van der Waals surface area contributed by atoms with Gasteiger partial charge in [-0.05, 0) is 23.8 Å². The van der Waals surface area contributed by atoms with Gasteiger partial charge in [-0.25, -0.2) is 4.98 Å². The Morgan fingerprint density at radius 3 is 2.41 bits per heavy atom. The molecule has 2 aromatic rings. The van der Waals surface area contributed by atoms with E-state index in [0.717, 1.165) is 6.07 Å². The van der Waals surface area contributed by atoms with Gasteiger partial charge in [0.25, 0.3) is 5.69 Å². The summed E-state index contributed by atoms with van der Waals surface area (Å²) in [5.74, 6) is -0.312. The lowest BCUT2D eigenvalue weighted by atomic mass is 10.1. The van der Waals surface area contributed by atoms with E-state index in [1.807, 2.05) is 0 Å². The zero-order chi connectivity index (χ0) is 20.2. The van der Waals surface area contributed by atoms with Gasteiger partial charge >= 0.3 is 12.4 Å². The highest BCUT2D eigenvalue weighted by Crippen LogP contribution is 2.35. The van der Waals surface area contributed by atoms with Crippen LogP contribution in [0.4, 0.5) is 37.7 Å². The SMILES string of the molecule is O=[N+]([O-])c1cc(C(F)(F)F)ccc1NCc1ccnc(OCC(F)(F)F)c1. The molecule has 1 aromatic heterocycles. The number of hydrogen-bond donors (Lipinski definition) is 1. The quantitative estimate of drug-likeness (QED) is 0.441. The molecule has 27 heavy (non-hydrogen) atoms. The minimum absolute atomic E-state index is 0.114. The second-order valence-electron chi connectivity index (χ2n) is 5.25. The summed E-state index contributed by atoms with van der Waals surface area (Å²) in [5, 5.41) is 13.6. The van der Waals surface area contributed by atoms with Gasteiger partial charge in [-0.2, -0.15) is 26.3 Å². The predicted octanol–water partition coefficient (Wildman–Crippen LogP) is 4.56. The predicted molar refractivity (Wildman–Crippen MR) is 81.2 cm³/mol. The summed E-state index contributed by atoms with van der Waals surface area (Å²) in [4.78, 5) is 13.6. The van der Waals surface area contributed by atoms with Gasteiger partial charge in [-0.1, -0.05) is 0 Å². The fraction of sp³-hybridized carbons (Fsp3) is 0.267. The zero-order valence-corrected chi connectivity index (χ0v) is 13.3. The van der Waals surface area contributed by atoms with Crippen LogP contribution >= 0.6 is 0 Å². The number of rotatable bonds is 6. The lowest BCUT2D eigenvalue weighted by Gasteiger charge is -2.12. The number of hydrogen-bond acceptors (Lipinski definition) is 5. The zero-order valence-electron chi connectivity index (χ0n) is 13.3. The molecule has 12 heteroatoms. The Morgan fingerprint density at radius 1 is 1.11 bits per heavy atom. The van der Waals surface area contributed by atoms with Crippen molar-refractivity contribution in [1.29, 1.82) is 0 Å². The number of anilines is 1. The van der Waals surface area contributed by atoms with Crippen LogP contribution in [0.25, 0.3) is 0 Å². The number of benzene rings is 1. The van der Waals surface area contributed by atoms with Gasteiger partial charge in [0.2, 0.25) is 5.88 Å². The molecule has 0 aliphatic carbocycles. The molecule has 1 aromatic carbocycles. The maximum absolute atomic E-state index is 12.7. The molecule has 0 radical (unpaired) electrons. The average molecular weight is 395 g/mol. The summed E-state index contributed by atoms with van der Waals surface area (Å²) >= 11 is 0. The summed E-state index contributed by atoms with van der Waals surface area (Å²) in [6.07, 6.45) is -8.11. The van der Waals surface area contributed by atoms with Crippen LogP contribution in [0, 0.1) is 10.1 Å². The van der Waals surface area contributed by atoms with Gasteiger partial charge in [-0.15, -0.1) is 0 Å². The molecule has 0 fully saturated rings. The van der Waals surface area contributed by atoms with Gasteiger partial charge in [0.1, 0.15) is 5.69 Å². The van der Waals surface area contributed by atoms with Crippen LogP contribution in [0.1, 0.15) is 11.1 Å². The van der Waals surface area contributed by atoms with Crippen LogP contribution in [-0.4, -0.2) is 22.7 Å². The number of ether oxygens (including phenoxy) is 1. The first kappa shape index (κ1) is 20.3. The van der Waals surface area contributed by atoms with Crippen molar-refractivity contribution in [2.45, 2.75) is 18.9 Å². The van der Waals surface area contributed by atoms with Crippen molar-refractivity contribution in [1.82, 2.24) is 4.98 Å². The maximum atomic E-state index is 12.7. The second-order valence-corrected chi connectivity index (χ2v) is 5.25. The standard InChI is InChI=1S/C15H11F6N3O3/c16-14(17,18)8-27-13-5-9(3-4-22-13)7-23-11-2-1-10(15(19,20)21)6-12(11)24(25)26/h1-6,23H,7-8H2. The van der Waals surface area contributed by atoms with Crippen molar-refractivity contribution in [3.05, 3.63) is 57.8 Å². The molecule has 1 heterocycles. The molecule has 0 aliphatic rings. The largest absolute Gasteiger partial charge is 0.468 e. The summed E-state index contributed by atoms with van der Waals surface area (Å²) in [7, 11) is 0. The normalized spacial score (nSPS) is 11.9. The molecule has 6 nitrogen and oxygen atoms in total. The van der Waals surface area contributed by atoms with E-state index in [2.05, 4.69) is 15.0 Å². The minimum Gasteiger partial charge on any atom is -0.468 e. The number of aromatic nitrogens is 1. The number of alkyl halides is 6. The highest BCUT2D eigenvalue weighted by molar-refractivity contribution is 5.63. The fourth-order valence-corrected chi connectivity index (χ4v) is 2.00. The van der Waals surface area contributed by atoms with Crippen molar-refractivity contribution in [3.63, 3.8) is 0 Å². The molecule has 0 atom stereocenters. The molecule has 0 unspecified atom stereocenters. The molecule has 0 aliphatic heterocycles. The molecule has 0 bridgehead atoms. The Bertz CT molecular complexity index is 823. The van der Waals surface area contributed by atoms with E-state index in [9.17, 15) is 36.5 Å². The number of nitro benzene ring substituents is 1. The maximum Gasteiger partial charge on any atom is 0.422 e. The van der Waals surface area contributed by atoms with Crippen molar-refractivity contribution in [2.24, 2.45) is 0 Å². The number of nitro groups is 1. The molecular formula is C15H11F6N3O3. The van der Waals surface area contributed by atoms with Gasteiger partial charge in [0.05, 0.1) is 10.5 Å². The van der Waals surface area contributed by atoms with E-state index in [1.54, 1.807) is 0 Å². The van der Waals surface area contributed by atoms with Crippen LogP contribution in [0.2, 0.25) is 0 Å². The third-order valence-electron chi connectivity index (χ3n) is 3.19. The molecule has 0 amide bonds. The molecular weight excluding hydrogens is 384 g/mol. The summed E-state index contributed by atoms with van der Waals surface area (Å²) in [5.41, 5.74) is -1.78. The number of nitrogens with zero attached hydrogens (tertiary/aromatic N) is 2.